The number of anilines is 1. The highest BCUT2D eigenvalue weighted by atomic mass is 35.5. The molecule has 3 rings (SSSR count). The molecule has 2 amide bonds. The minimum atomic E-state index is -4.08. The third-order valence-electron chi connectivity index (χ3n) is 3.71. The van der Waals surface area contributed by atoms with E-state index in [-0.39, 0.29) is 21.7 Å². The summed E-state index contributed by atoms with van der Waals surface area (Å²) in [5.41, 5.74) is 1.31. The lowest BCUT2D eigenvalue weighted by Crippen LogP contribution is -2.27. The molecule has 1 fully saturated rings. The lowest BCUT2D eigenvalue weighted by Gasteiger charge is -2.15. The third-order valence-corrected chi connectivity index (χ3v) is 5.66. The zero-order chi connectivity index (χ0) is 18.2. The van der Waals surface area contributed by atoms with Crippen molar-refractivity contribution in [3.63, 3.8) is 0 Å². The van der Waals surface area contributed by atoms with E-state index in [2.05, 4.69) is 5.32 Å². The van der Waals surface area contributed by atoms with Gasteiger partial charge in [-0.2, -0.15) is 8.42 Å². The molecule has 1 saturated heterocycles. The van der Waals surface area contributed by atoms with Gasteiger partial charge in [0.1, 0.15) is 4.90 Å². The maximum atomic E-state index is 12.4. The van der Waals surface area contributed by atoms with Crippen molar-refractivity contribution in [1.82, 2.24) is 5.32 Å². The fourth-order valence-electron chi connectivity index (χ4n) is 2.37. The molecule has 0 saturated carbocycles. The summed E-state index contributed by atoms with van der Waals surface area (Å²) in [5.74, 6) is -0.0414. The first-order chi connectivity index (χ1) is 11.8. The Morgan fingerprint density at radius 1 is 1.12 bits per heavy atom. The van der Waals surface area contributed by atoms with Crippen LogP contribution in [0.3, 0.4) is 0 Å². The van der Waals surface area contributed by atoms with E-state index < -0.39 is 10.1 Å². The molecule has 25 heavy (non-hydrogen) atoms. The number of carbonyl (C=O) groups is 1. The standard InChI is InChI=1S/C16H14Cl2N2O4S/c1-10-8-14(18)15(9-13(10)17)24-25(22,23)12-4-2-11(3-5-12)20-7-6-19-16(20)21/h2-5,8-9H,6-7H2,1H3,(H,19,21). The summed E-state index contributed by atoms with van der Waals surface area (Å²) in [6.07, 6.45) is 0. The molecule has 2 aromatic rings. The molecule has 0 spiro atoms. The lowest BCUT2D eigenvalue weighted by atomic mass is 10.2. The molecule has 6 nitrogen and oxygen atoms in total. The molecular weight excluding hydrogens is 387 g/mol. The second-order valence-corrected chi connectivity index (χ2v) is 7.81. The molecule has 0 radical (unpaired) electrons. The predicted molar refractivity (Wildman–Crippen MR) is 96.2 cm³/mol. The van der Waals surface area contributed by atoms with E-state index in [1.54, 1.807) is 19.1 Å². The van der Waals surface area contributed by atoms with Crippen molar-refractivity contribution in [2.24, 2.45) is 0 Å². The molecule has 1 aliphatic heterocycles. The molecular formula is C16H14Cl2N2O4S. The highest BCUT2D eigenvalue weighted by Gasteiger charge is 2.23. The molecule has 1 aliphatic rings. The van der Waals surface area contributed by atoms with Gasteiger partial charge < -0.3 is 9.50 Å². The summed E-state index contributed by atoms with van der Waals surface area (Å²) < 4.78 is 30.0. The minimum absolute atomic E-state index is 0.0414. The number of halogens is 2. The fraction of sp³-hybridized carbons (Fsp3) is 0.188. The Labute approximate surface area is 155 Å². The number of rotatable bonds is 4. The van der Waals surface area contributed by atoms with Gasteiger partial charge in [0.15, 0.2) is 5.75 Å². The van der Waals surface area contributed by atoms with E-state index in [9.17, 15) is 13.2 Å². The van der Waals surface area contributed by atoms with E-state index in [0.29, 0.717) is 29.4 Å². The lowest BCUT2D eigenvalue weighted by molar-refractivity contribution is 0.252. The predicted octanol–water partition coefficient (Wildman–Crippen LogP) is 3.60. The Hall–Kier alpha value is -1.96. The third kappa shape index (κ3) is 3.68. The molecule has 9 heteroatoms. The number of nitrogens with zero attached hydrogens (tertiary/aromatic N) is 1. The topological polar surface area (TPSA) is 75.7 Å². The Kier molecular flexibility index (Phi) is 4.81. The maximum Gasteiger partial charge on any atom is 0.339 e. The largest absolute Gasteiger partial charge is 0.377 e. The minimum Gasteiger partial charge on any atom is -0.377 e. The molecule has 0 aliphatic carbocycles. The number of hydrogen-bond acceptors (Lipinski definition) is 4. The van der Waals surface area contributed by atoms with Crippen LogP contribution < -0.4 is 14.4 Å². The van der Waals surface area contributed by atoms with Crippen molar-refractivity contribution in [3.8, 4) is 5.75 Å². The van der Waals surface area contributed by atoms with Crippen molar-refractivity contribution in [2.75, 3.05) is 18.0 Å². The second kappa shape index (κ2) is 6.74. The van der Waals surface area contributed by atoms with Crippen LogP contribution in [0.4, 0.5) is 10.5 Å². The van der Waals surface area contributed by atoms with Gasteiger partial charge in [-0.25, -0.2) is 4.79 Å². The number of benzene rings is 2. The van der Waals surface area contributed by atoms with Crippen LogP contribution >= 0.6 is 23.2 Å². The Morgan fingerprint density at radius 3 is 2.40 bits per heavy atom. The van der Waals surface area contributed by atoms with Crippen LogP contribution in [0.25, 0.3) is 0 Å². The normalized spacial score (nSPS) is 14.5. The van der Waals surface area contributed by atoms with Crippen LogP contribution in [-0.2, 0) is 10.1 Å². The van der Waals surface area contributed by atoms with Gasteiger partial charge in [0.2, 0.25) is 0 Å². The highest BCUT2D eigenvalue weighted by molar-refractivity contribution is 7.87. The van der Waals surface area contributed by atoms with Crippen molar-refractivity contribution in [3.05, 3.63) is 52.0 Å². The van der Waals surface area contributed by atoms with Crippen LogP contribution in [0.1, 0.15) is 5.56 Å². The van der Waals surface area contributed by atoms with Gasteiger partial charge in [-0.3, -0.25) is 4.90 Å². The van der Waals surface area contributed by atoms with Crippen molar-refractivity contribution < 1.29 is 17.4 Å². The van der Waals surface area contributed by atoms with Crippen LogP contribution in [0.2, 0.25) is 10.0 Å². The summed E-state index contributed by atoms with van der Waals surface area (Å²) in [5, 5.41) is 3.18. The van der Waals surface area contributed by atoms with E-state index in [1.807, 2.05) is 0 Å². The SMILES string of the molecule is Cc1cc(Cl)c(OS(=O)(=O)c2ccc(N3CCNC3=O)cc2)cc1Cl. The number of nitrogens with one attached hydrogen (secondary N) is 1. The molecule has 0 bridgehead atoms. The van der Waals surface area contributed by atoms with Crippen molar-refractivity contribution in [2.45, 2.75) is 11.8 Å². The van der Waals surface area contributed by atoms with Gasteiger partial charge in [0.25, 0.3) is 0 Å². The molecule has 1 N–H and O–H groups in total. The molecule has 0 atom stereocenters. The summed E-state index contributed by atoms with van der Waals surface area (Å²) in [4.78, 5) is 13.1. The van der Waals surface area contributed by atoms with Gasteiger partial charge in [-0.1, -0.05) is 23.2 Å². The smallest absolute Gasteiger partial charge is 0.339 e. The molecule has 132 valence electrons. The van der Waals surface area contributed by atoms with Gasteiger partial charge in [0.05, 0.1) is 5.02 Å². The fourth-order valence-corrected chi connectivity index (χ4v) is 3.77. The van der Waals surface area contributed by atoms with Gasteiger partial charge in [0, 0.05) is 29.9 Å². The van der Waals surface area contributed by atoms with E-state index >= 15 is 0 Å². The number of urea groups is 1. The van der Waals surface area contributed by atoms with Gasteiger partial charge >= 0.3 is 16.1 Å². The first-order valence-electron chi connectivity index (χ1n) is 7.33. The molecule has 1 heterocycles. The number of carbonyl (C=O) groups excluding carboxylic acids is 1. The first kappa shape index (κ1) is 17.8. The average Bonchev–Trinajstić information content (AvgIpc) is 2.98. The monoisotopic (exact) mass is 400 g/mol. The van der Waals surface area contributed by atoms with Gasteiger partial charge in [-0.05, 0) is 42.8 Å². The Bertz CT molecular complexity index is 930. The number of amides is 2. The maximum absolute atomic E-state index is 12.4. The van der Waals surface area contributed by atoms with E-state index in [4.69, 9.17) is 27.4 Å². The zero-order valence-electron chi connectivity index (χ0n) is 13.1. The zero-order valence-corrected chi connectivity index (χ0v) is 15.5. The van der Waals surface area contributed by atoms with Crippen molar-refractivity contribution in [1.29, 1.82) is 0 Å². The molecule has 2 aromatic carbocycles. The molecule has 0 aromatic heterocycles. The van der Waals surface area contributed by atoms with E-state index in [1.165, 1.54) is 29.2 Å². The quantitative estimate of drug-likeness (QED) is 0.795. The van der Waals surface area contributed by atoms with E-state index in [0.717, 1.165) is 0 Å². The van der Waals surface area contributed by atoms with Crippen LogP contribution in [0, 0.1) is 6.92 Å². The van der Waals surface area contributed by atoms with Crippen LogP contribution in [0.5, 0.6) is 5.75 Å². The Balaban J connectivity index is 1.85. The highest BCUT2D eigenvalue weighted by Crippen LogP contribution is 2.33. The summed E-state index contributed by atoms with van der Waals surface area (Å²) >= 11 is 12.0. The second-order valence-electron chi connectivity index (χ2n) is 5.45. The summed E-state index contributed by atoms with van der Waals surface area (Å²) in [6.45, 7) is 2.83. The first-order valence-corrected chi connectivity index (χ1v) is 9.50. The van der Waals surface area contributed by atoms with Crippen molar-refractivity contribution >= 4 is 45.0 Å². The van der Waals surface area contributed by atoms with Crippen LogP contribution in [0.15, 0.2) is 41.3 Å². The number of aryl methyl sites for hydroxylation is 1. The summed E-state index contributed by atoms with van der Waals surface area (Å²) in [7, 11) is -4.08. The van der Waals surface area contributed by atoms with Crippen LogP contribution in [-0.4, -0.2) is 27.5 Å². The summed E-state index contributed by atoms with van der Waals surface area (Å²) in [6, 6.07) is 8.52. The average molecular weight is 401 g/mol. The number of hydrogen-bond donors (Lipinski definition) is 1. The molecule has 0 unspecified atom stereocenters. The Morgan fingerprint density at radius 2 is 1.80 bits per heavy atom. The van der Waals surface area contributed by atoms with Gasteiger partial charge in [-0.15, -0.1) is 0 Å².